The van der Waals surface area contributed by atoms with E-state index in [2.05, 4.69) is 4.90 Å². The summed E-state index contributed by atoms with van der Waals surface area (Å²) in [5, 5.41) is 0. The Balaban J connectivity index is 1.24. The van der Waals surface area contributed by atoms with Crippen LogP contribution in [-0.2, 0) is 25.4 Å². The van der Waals surface area contributed by atoms with Gasteiger partial charge in [0, 0.05) is 31.6 Å². The maximum Gasteiger partial charge on any atom is 0.409 e. The average molecular weight is 556 g/mol. The van der Waals surface area contributed by atoms with Gasteiger partial charge >= 0.3 is 6.09 Å². The third-order valence-electron chi connectivity index (χ3n) is 8.42. The second kappa shape index (κ2) is 11.3. The number of sulfonamides is 1. The van der Waals surface area contributed by atoms with E-state index in [1.807, 2.05) is 0 Å². The topological polar surface area (TPSA) is 79.4 Å². The average Bonchev–Trinajstić information content (AvgIpc) is 3.77. The minimum Gasteiger partial charge on any atom is -0.448 e. The molecule has 8 nitrogen and oxygen atoms in total. The molecule has 1 aromatic carbocycles. The van der Waals surface area contributed by atoms with Gasteiger partial charge in [-0.1, -0.05) is 18.6 Å². The van der Waals surface area contributed by atoms with Crippen molar-refractivity contribution < 1.29 is 31.5 Å². The number of rotatable bonds is 7. The van der Waals surface area contributed by atoms with E-state index in [0.29, 0.717) is 19.1 Å². The molecule has 1 aliphatic carbocycles. The fourth-order valence-corrected chi connectivity index (χ4v) is 7.89. The maximum atomic E-state index is 13.8. The van der Waals surface area contributed by atoms with Crippen LogP contribution in [0.3, 0.4) is 0 Å². The molecule has 38 heavy (non-hydrogen) atoms. The second-order valence-corrected chi connectivity index (χ2v) is 13.1. The number of amides is 1. The van der Waals surface area contributed by atoms with Crippen LogP contribution in [0.25, 0.3) is 0 Å². The Morgan fingerprint density at radius 1 is 1.00 bits per heavy atom. The first-order valence-corrected chi connectivity index (χ1v) is 15.3. The molecule has 212 valence electrons. The summed E-state index contributed by atoms with van der Waals surface area (Å²) in [6.07, 6.45) is 6.98. The third-order valence-corrected chi connectivity index (χ3v) is 10.4. The number of nitrogens with zero attached hydrogens (tertiary/aromatic N) is 3. The fourth-order valence-electron chi connectivity index (χ4n) is 6.06. The number of alkyl halides is 2. The monoisotopic (exact) mass is 555 g/mol. The van der Waals surface area contributed by atoms with Crippen molar-refractivity contribution >= 4 is 16.1 Å². The number of carbonyl (C=O) groups excluding carboxylic acids is 1. The van der Waals surface area contributed by atoms with Gasteiger partial charge in [0.15, 0.2) is 0 Å². The molecule has 2 atom stereocenters. The van der Waals surface area contributed by atoms with Crippen LogP contribution in [0.1, 0.15) is 57.4 Å². The Bertz CT molecular complexity index is 1060. The molecule has 0 bridgehead atoms. The lowest BCUT2D eigenvalue weighted by molar-refractivity contribution is -0.0367. The zero-order chi connectivity index (χ0) is 26.9. The van der Waals surface area contributed by atoms with Crippen LogP contribution in [0.15, 0.2) is 29.2 Å². The van der Waals surface area contributed by atoms with Gasteiger partial charge in [-0.3, -0.25) is 0 Å². The minimum absolute atomic E-state index is 0.0471. The molecule has 0 spiro atoms. The fraction of sp³-hybridized carbons (Fsp3) is 0.741. The van der Waals surface area contributed by atoms with Gasteiger partial charge in [0.1, 0.15) is 6.61 Å². The van der Waals surface area contributed by atoms with Crippen molar-refractivity contribution in [2.75, 3.05) is 46.0 Å². The molecule has 4 aliphatic rings. The molecule has 1 saturated carbocycles. The molecular formula is C27H39F2N3O5S. The van der Waals surface area contributed by atoms with Gasteiger partial charge in [0.05, 0.1) is 30.2 Å². The number of morpholine rings is 1. The van der Waals surface area contributed by atoms with Crippen LogP contribution in [0, 0.1) is 5.92 Å². The molecule has 1 amide bonds. The Labute approximate surface area is 224 Å². The van der Waals surface area contributed by atoms with Gasteiger partial charge in [-0.05, 0) is 69.7 Å². The normalized spacial score (nSPS) is 26.9. The van der Waals surface area contributed by atoms with Crippen molar-refractivity contribution in [1.82, 2.24) is 14.1 Å². The summed E-state index contributed by atoms with van der Waals surface area (Å²) in [4.78, 5) is 17.1. The number of hydrogen-bond acceptors (Lipinski definition) is 6. The lowest BCUT2D eigenvalue weighted by Crippen LogP contribution is -2.57. The number of piperidine rings is 2. The molecule has 11 heteroatoms. The molecule has 3 heterocycles. The van der Waals surface area contributed by atoms with Crippen LogP contribution in [0.4, 0.5) is 13.6 Å². The summed E-state index contributed by atoms with van der Waals surface area (Å²) >= 11 is 0. The molecule has 4 fully saturated rings. The number of carbonyl (C=O) groups is 1. The van der Waals surface area contributed by atoms with E-state index in [1.165, 1.54) is 35.7 Å². The van der Waals surface area contributed by atoms with Gasteiger partial charge in [-0.15, -0.1) is 0 Å². The summed E-state index contributed by atoms with van der Waals surface area (Å²) in [5.74, 6) is -2.88. The molecule has 0 N–H and O–H groups in total. The summed E-state index contributed by atoms with van der Waals surface area (Å²) in [6.45, 7) is 4.56. The van der Waals surface area contributed by atoms with Crippen molar-refractivity contribution in [3.05, 3.63) is 29.8 Å². The molecule has 3 aliphatic heterocycles. The summed E-state index contributed by atoms with van der Waals surface area (Å²) in [7, 11) is -4.02. The van der Waals surface area contributed by atoms with Crippen molar-refractivity contribution in [2.45, 2.75) is 80.8 Å². The number of hydrogen-bond donors (Lipinski definition) is 0. The lowest BCUT2D eigenvalue weighted by Gasteiger charge is -2.41. The predicted octanol–water partition coefficient (Wildman–Crippen LogP) is 4.05. The number of halogens is 2. The van der Waals surface area contributed by atoms with Gasteiger partial charge in [-0.2, -0.15) is 4.31 Å². The second-order valence-electron chi connectivity index (χ2n) is 11.2. The largest absolute Gasteiger partial charge is 0.448 e. The van der Waals surface area contributed by atoms with Gasteiger partial charge < -0.3 is 19.3 Å². The van der Waals surface area contributed by atoms with Crippen molar-refractivity contribution in [3.8, 4) is 0 Å². The van der Waals surface area contributed by atoms with E-state index in [-0.39, 0.29) is 42.2 Å². The van der Waals surface area contributed by atoms with E-state index in [1.54, 1.807) is 4.90 Å². The van der Waals surface area contributed by atoms with Gasteiger partial charge in [0.2, 0.25) is 10.0 Å². The molecule has 5 rings (SSSR count). The smallest absolute Gasteiger partial charge is 0.409 e. The van der Waals surface area contributed by atoms with E-state index in [4.69, 9.17) is 9.47 Å². The SMILES string of the molecule is CC(F)(F)c1ccc(S(=O)(=O)N2[C@@H](COC(=O)N3CCC(N4CCCCC4)CC3)COC[C@H]2C2CC2)cc1. The van der Waals surface area contributed by atoms with Gasteiger partial charge in [-0.25, -0.2) is 22.0 Å². The van der Waals surface area contributed by atoms with E-state index < -0.39 is 28.1 Å². The van der Waals surface area contributed by atoms with Gasteiger partial charge in [0.25, 0.3) is 5.92 Å². The summed E-state index contributed by atoms with van der Waals surface area (Å²) in [6, 6.07) is 4.23. The highest BCUT2D eigenvalue weighted by atomic mass is 32.2. The maximum absolute atomic E-state index is 13.8. The van der Waals surface area contributed by atoms with E-state index in [9.17, 15) is 22.0 Å². The highest BCUT2D eigenvalue weighted by Crippen LogP contribution is 2.40. The van der Waals surface area contributed by atoms with Crippen LogP contribution in [-0.4, -0.2) is 92.7 Å². The van der Waals surface area contributed by atoms with Crippen LogP contribution in [0.2, 0.25) is 0 Å². The highest BCUT2D eigenvalue weighted by Gasteiger charge is 2.47. The quantitative estimate of drug-likeness (QED) is 0.505. The van der Waals surface area contributed by atoms with Crippen LogP contribution >= 0.6 is 0 Å². The Kier molecular flexibility index (Phi) is 8.28. The summed E-state index contributed by atoms with van der Waals surface area (Å²) < 4.78 is 67.8. The number of benzene rings is 1. The molecule has 0 unspecified atom stereocenters. The van der Waals surface area contributed by atoms with Crippen LogP contribution < -0.4 is 0 Å². The minimum atomic E-state index is -4.02. The number of ether oxygens (including phenoxy) is 2. The predicted molar refractivity (Wildman–Crippen MR) is 138 cm³/mol. The van der Waals surface area contributed by atoms with E-state index in [0.717, 1.165) is 57.8 Å². The number of likely N-dealkylation sites (tertiary alicyclic amines) is 2. The Morgan fingerprint density at radius 3 is 2.26 bits per heavy atom. The standard InChI is InChI=1S/C27H39F2N3O5S/c1-27(28,29)21-7-9-24(10-8-21)38(34,35)32-23(17-36-19-25(32)20-5-6-20)18-37-26(33)31-15-11-22(12-16-31)30-13-3-2-4-14-30/h7-10,20,22-23,25H,2-6,11-19H2,1H3/t23-,25+/m1/s1. The zero-order valence-electron chi connectivity index (χ0n) is 22.1. The molecule has 0 radical (unpaired) electrons. The van der Waals surface area contributed by atoms with Crippen LogP contribution in [0.5, 0.6) is 0 Å². The first-order chi connectivity index (χ1) is 18.1. The molecule has 0 aromatic heterocycles. The summed E-state index contributed by atoms with van der Waals surface area (Å²) in [5.41, 5.74) is -0.244. The van der Waals surface area contributed by atoms with Crippen molar-refractivity contribution in [2.24, 2.45) is 5.92 Å². The Hall–Kier alpha value is -1.82. The first kappa shape index (κ1) is 27.7. The van der Waals surface area contributed by atoms with E-state index >= 15 is 0 Å². The first-order valence-electron chi connectivity index (χ1n) is 13.9. The molecule has 3 saturated heterocycles. The third kappa shape index (κ3) is 6.16. The molecule has 1 aromatic rings. The lowest BCUT2D eigenvalue weighted by atomic mass is 10.0. The highest BCUT2D eigenvalue weighted by molar-refractivity contribution is 7.89. The molecular weight excluding hydrogens is 516 g/mol. The van der Waals surface area contributed by atoms with Crippen molar-refractivity contribution in [1.29, 1.82) is 0 Å². The zero-order valence-corrected chi connectivity index (χ0v) is 22.9. The Morgan fingerprint density at radius 2 is 1.66 bits per heavy atom. The van der Waals surface area contributed by atoms with Crippen molar-refractivity contribution in [3.63, 3.8) is 0 Å².